The van der Waals surface area contributed by atoms with Crippen LogP contribution in [0.4, 0.5) is 19.0 Å². The standard InChI is InChI=1S/C27H30F3N7O2/c1-26(2,38)27(3,39)23-11-21-22(13-31-23)33-24(18-12-32-37(15-18)16-28)25(34-21)36-8-6-35(7-9-36)14-17-4-5-19(29)10-20(17)30/h4-5,10-13,15,38-39H,6-9,14,16H2,1-3H3/t27-/m0/s1. The molecule has 2 N–H and O–H groups in total. The van der Waals surface area contributed by atoms with Gasteiger partial charge in [0.05, 0.1) is 29.2 Å². The largest absolute Gasteiger partial charge is 0.387 e. The van der Waals surface area contributed by atoms with Crippen LogP contribution in [-0.2, 0) is 18.9 Å². The van der Waals surface area contributed by atoms with E-state index in [1.54, 1.807) is 12.3 Å². The summed E-state index contributed by atoms with van der Waals surface area (Å²) in [5, 5.41) is 25.5. The molecule has 1 atom stereocenters. The number of fused-ring (bicyclic) bond motifs is 1. The van der Waals surface area contributed by atoms with Gasteiger partial charge in [0.2, 0.25) is 0 Å². The van der Waals surface area contributed by atoms with Gasteiger partial charge in [0.25, 0.3) is 0 Å². The predicted molar refractivity (Wildman–Crippen MR) is 139 cm³/mol. The molecule has 0 amide bonds. The number of benzene rings is 1. The zero-order chi connectivity index (χ0) is 27.9. The summed E-state index contributed by atoms with van der Waals surface area (Å²) < 4.78 is 41.9. The number of alkyl halides is 1. The van der Waals surface area contributed by atoms with Crippen molar-refractivity contribution in [1.29, 1.82) is 0 Å². The van der Waals surface area contributed by atoms with Gasteiger partial charge in [-0.2, -0.15) is 5.10 Å². The Morgan fingerprint density at radius 2 is 1.69 bits per heavy atom. The summed E-state index contributed by atoms with van der Waals surface area (Å²) in [6, 6.07) is 5.20. The molecule has 1 saturated heterocycles. The molecule has 0 radical (unpaired) electrons. The summed E-state index contributed by atoms with van der Waals surface area (Å²) in [7, 11) is 0. The predicted octanol–water partition coefficient (Wildman–Crippen LogP) is 3.39. The van der Waals surface area contributed by atoms with Gasteiger partial charge in [0.15, 0.2) is 12.6 Å². The maximum absolute atomic E-state index is 14.2. The number of rotatable bonds is 7. The molecule has 206 valence electrons. The van der Waals surface area contributed by atoms with E-state index in [2.05, 4.69) is 15.0 Å². The zero-order valence-electron chi connectivity index (χ0n) is 21.9. The van der Waals surface area contributed by atoms with Gasteiger partial charge in [-0.05, 0) is 32.9 Å². The van der Waals surface area contributed by atoms with E-state index in [4.69, 9.17) is 9.97 Å². The molecule has 0 bridgehead atoms. The Hall–Kier alpha value is -3.61. The van der Waals surface area contributed by atoms with Crippen LogP contribution in [0.5, 0.6) is 0 Å². The highest BCUT2D eigenvalue weighted by molar-refractivity contribution is 5.83. The highest BCUT2D eigenvalue weighted by Crippen LogP contribution is 2.34. The number of hydrogen-bond acceptors (Lipinski definition) is 8. The lowest BCUT2D eigenvalue weighted by Crippen LogP contribution is -2.46. The second kappa shape index (κ2) is 10.2. The number of pyridine rings is 1. The maximum Gasteiger partial charge on any atom is 0.181 e. The van der Waals surface area contributed by atoms with E-state index in [1.807, 2.05) is 4.90 Å². The zero-order valence-corrected chi connectivity index (χ0v) is 21.9. The lowest BCUT2D eigenvalue weighted by Gasteiger charge is -2.36. The van der Waals surface area contributed by atoms with Crippen molar-refractivity contribution in [2.75, 3.05) is 31.1 Å². The van der Waals surface area contributed by atoms with Crippen LogP contribution < -0.4 is 4.90 Å². The molecule has 9 nitrogen and oxygen atoms in total. The summed E-state index contributed by atoms with van der Waals surface area (Å²) >= 11 is 0. The molecule has 0 aliphatic carbocycles. The molecule has 1 aliphatic rings. The topological polar surface area (TPSA) is 103 Å². The van der Waals surface area contributed by atoms with Crippen LogP contribution in [0.3, 0.4) is 0 Å². The first-order chi connectivity index (χ1) is 18.5. The molecule has 12 heteroatoms. The van der Waals surface area contributed by atoms with E-state index in [1.165, 1.54) is 45.3 Å². The molecule has 4 heterocycles. The lowest BCUT2D eigenvalue weighted by atomic mass is 9.84. The Labute approximate surface area is 223 Å². The Morgan fingerprint density at radius 3 is 2.33 bits per heavy atom. The van der Waals surface area contributed by atoms with Crippen molar-refractivity contribution in [2.45, 2.75) is 45.3 Å². The van der Waals surface area contributed by atoms with Crippen molar-refractivity contribution in [3.05, 3.63) is 65.7 Å². The molecule has 1 aliphatic heterocycles. The minimum Gasteiger partial charge on any atom is -0.387 e. The number of halogens is 3. The van der Waals surface area contributed by atoms with Gasteiger partial charge in [-0.25, -0.2) is 27.8 Å². The van der Waals surface area contributed by atoms with Crippen LogP contribution in [0.1, 0.15) is 32.0 Å². The number of piperazine rings is 1. The minimum absolute atomic E-state index is 0.242. The fourth-order valence-corrected chi connectivity index (χ4v) is 4.50. The van der Waals surface area contributed by atoms with Gasteiger partial charge in [-0.15, -0.1) is 0 Å². The third kappa shape index (κ3) is 5.32. The van der Waals surface area contributed by atoms with Crippen molar-refractivity contribution < 1.29 is 23.4 Å². The third-order valence-corrected chi connectivity index (χ3v) is 7.33. The van der Waals surface area contributed by atoms with E-state index in [-0.39, 0.29) is 5.69 Å². The van der Waals surface area contributed by atoms with E-state index in [0.717, 1.165) is 10.7 Å². The van der Waals surface area contributed by atoms with Gasteiger partial charge in [0, 0.05) is 56.1 Å². The maximum atomic E-state index is 14.2. The fraction of sp³-hybridized carbons (Fsp3) is 0.407. The molecule has 1 aromatic carbocycles. The first-order valence-electron chi connectivity index (χ1n) is 12.6. The molecule has 4 aromatic rings. The Balaban J connectivity index is 1.48. The van der Waals surface area contributed by atoms with Crippen LogP contribution in [0, 0.1) is 11.6 Å². The normalized spacial score (nSPS) is 16.6. The summed E-state index contributed by atoms with van der Waals surface area (Å²) in [5.41, 5.74) is -0.430. The van der Waals surface area contributed by atoms with Crippen molar-refractivity contribution >= 4 is 16.9 Å². The number of hydrogen-bond donors (Lipinski definition) is 2. The molecule has 0 saturated carbocycles. The van der Waals surface area contributed by atoms with E-state index in [0.29, 0.717) is 66.4 Å². The van der Waals surface area contributed by atoms with Crippen LogP contribution in [0.15, 0.2) is 42.9 Å². The molecule has 1 fully saturated rings. The Kier molecular flexibility index (Phi) is 7.04. The van der Waals surface area contributed by atoms with Crippen molar-refractivity contribution in [1.82, 2.24) is 29.6 Å². The average Bonchev–Trinajstić information content (AvgIpc) is 3.38. The Morgan fingerprint density at radius 1 is 0.949 bits per heavy atom. The second-order valence-electron chi connectivity index (χ2n) is 10.5. The fourth-order valence-electron chi connectivity index (χ4n) is 4.50. The summed E-state index contributed by atoms with van der Waals surface area (Å²) in [4.78, 5) is 18.1. The van der Waals surface area contributed by atoms with Crippen LogP contribution in [0.2, 0.25) is 0 Å². The van der Waals surface area contributed by atoms with Crippen molar-refractivity contribution in [2.24, 2.45) is 0 Å². The molecule has 3 aromatic heterocycles. The highest BCUT2D eigenvalue weighted by Gasteiger charge is 2.40. The van der Waals surface area contributed by atoms with E-state index < -0.39 is 29.6 Å². The monoisotopic (exact) mass is 541 g/mol. The van der Waals surface area contributed by atoms with Crippen LogP contribution >= 0.6 is 0 Å². The Bertz CT molecular complexity index is 1490. The first-order valence-corrected chi connectivity index (χ1v) is 12.6. The number of aromatic nitrogens is 5. The molecular weight excluding hydrogens is 511 g/mol. The smallest absolute Gasteiger partial charge is 0.181 e. The quantitative estimate of drug-likeness (QED) is 0.367. The highest BCUT2D eigenvalue weighted by atomic mass is 19.1. The number of anilines is 1. The summed E-state index contributed by atoms with van der Waals surface area (Å²) in [5.74, 6) is -0.633. The molecular formula is C27H30F3N7O2. The van der Waals surface area contributed by atoms with Crippen molar-refractivity contribution in [3.8, 4) is 11.3 Å². The van der Waals surface area contributed by atoms with Gasteiger partial charge < -0.3 is 15.1 Å². The number of aliphatic hydroxyl groups is 2. The molecule has 5 rings (SSSR count). The minimum atomic E-state index is -1.65. The lowest BCUT2D eigenvalue weighted by molar-refractivity contribution is -0.127. The van der Waals surface area contributed by atoms with Crippen molar-refractivity contribution in [3.63, 3.8) is 0 Å². The molecule has 39 heavy (non-hydrogen) atoms. The molecule has 0 unspecified atom stereocenters. The SMILES string of the molecule is CC(C)(O)[C@@](C)(O)c1cc2nc(N3CCN(Cc4ccc(F)cc4F)CC3)c(-c3cnn(CF)c3)nc2cn1. The van der Waals surface area contributed by atoms with Gasteiger partial charge >= 0.3 is 0 Å². The van der Waals surface area contributed by atoms with Gasteiger partial charge in [-0.1, -0.05) is 6.07 Å². The van der Waals surface area contributed by atoms with Crippen LogP contribution in [0.25, 0.3) is 22.3 Å². The summed E-state index contributed by atoms with van der Waals surface area (Å²) in [6.07, 6.45) is 4.56. The summed E-state index contributed by atoms with van der Waals surface area (Å²) in [6.45, 7) is 6.32. The van der Waals surface area contributed by atoms with Gasteiger partial charge in [0.1, 0.15) is 28.4 Å². The second-order valence-corrected chi connectivity index (χ2v) is 10.5. The van der Waals surface area contributed by atoms with E-state index >= 15 is 0 Å². The number of nitrogens with zero attached hydrogens (tertiary/aromatic N) is 7. The third-order valence-electron chi connectivity index (χ3n) is 7.33. The van der Waals surface area contributed by atoms with Crippen LogP contribution in [-0.4, -0.2) is 71.6 Å². The first kappa shape index (κ1) is 27.0. The molecule has 0 spiro atoms. The average molecular weight is 542 g/mol. The van der Waals surface area contributed by atoms with Gasteiger partial charge in [-0.3, -0.25) is 9.88 Å². The van der Waals surface area contributed by atoms with E-state index in [9.17, 15) is 23.4 Å².